The van der Waals surface area contributed by atoms with Crippen molar-refractivity contribution in [1.82, 2.24) is 0 Å². The Morgan fingerprint density at radius 2 is 1.18 bits per heavy atom. The molecular weight excluding hydrogens is 411 g/mol. The quantitative estimate of drug-likeness (QED) is 0.442. The number of benzene rings is 4. The lowest BCUT2D eigenvalue weighted by atomic mass is 9.78. The number of halogens is 1. The van der Waals surface area contributed by atoms with Crippen LogP contribution in [0.5, 0.6) is 0 Å². The van der Waals surface area contributed by atoms with E-state index in [-0.39, 0.29) is 0 Å². The van der Waals surface area contributed by atoms with E-state index < -0.39 is 7.12 Å². The summed E-state index contributed by atoms with van der Waals surface area (Å²) in [4.78, 5) is 0. The summed E-state index contributed by atoms with van der Waals surface area (Å²) < 4.78 is 0.904. The predicted molar refractivity (Wildman–Crippen MR) is 120 cm³/mol. The summed E-state index contributed by atoms with van der Waals surface area (Å²) in [5, 5.41) is 19.2. The molecule has 4 rings (SSSR count). The highest BCUT2D eigenvalue weighted by Gasteiger charge is 2.16. The zero-order valence-electron chi connectivity index (χ0n) is 15.1. The molecule has 2 nitrogen and oxygen atoms in total. The maximum Gasteiger partial charge on any atom is 0.488 e. The Morgan fingerprint density at radius 3 is 1.82 bits per heavy atom. The molecule has 0 saturated carbocycles. The van der Waals surface area contributed by atoms with Crippen molar-refractivity contribution in [3.8, 4) is 33.4 Å². The molecule has 0 atom stereocenters. The third-order valence-corrected chi connectivity index (χ3v) is 5.48. The third-order valence-electron chi connectivity index (χ3n) is 4.79. The normalized spacial score (nSPS) is 10.7. The summed E-state index contributed by atoms with van der Waals surface area (Å²) in [6.45, 7) is 0. The molecule has 0 fully saturated rings. The molecule has 0 heterocycles. The summed E-state index contributed by atoms with van der Waals surface area (Å²) in [6, 6.07) is 32.3. The van der Waals surface area contributed by atoms with Gasteiger partial charge in [-0.2, -0.15) is 0 Å². The molecule has 0 radical (unpaired) electrons. The maximum atomic E-state index is 9.61. The Balaban J connectivity index is 1.94. The van der Waals surface area contributed by atoms with Crippen LogP contribution < -0.4 is 5.46 Å². The minimum absolute atomic E-state index is 0.462. The highest BCUT2D eigenvalue weighted by atomic mass is 79.9. The van der Waals surface area contributed by atoms with Gasteiger partial charge in [-0.05, 0) is 51.0 Å². The third kappa shape index (κ3) is 3.81. The second kappa shape index (κ2) is 8.15. The van der Waals surface area contributed by atoms with Gasteiger partial charge in [0.05, 0.1) is 0 Å². The SMILES string of the molecule is OB(O)c1ccc(Br)c(-c2ccc(-c3ccccc3)cc2-c2ccccc2)c1. The highest BCUT2D eigenvalue weighted by Crippen LogP contribution is 2.38. The maximum absolute atomic E-state index is 9.61. The molecule has 4 aromatic carbocycles. The summed E-state index contributed by atoms with van der Waals surface area (Å²) in [5.74, 6) is 0. The van der Waals surface area contributed by atoms with E-state index >= 15 is 0 Å². The van der Waals surface area contributed by atoms with Crippen LogP contribution in [0.2, 0.25) is 0 Å². The molecule has 0 aliphatic heterocycles. The average Bonchev–Trinajstić information content (AvgIpc) is 2.75. The zero-order valence-corrected chi connectivity index (χ0v) is 16.7. The van der Waals surface area contributed by atoms with E-state index in [1.54, 1.807) is 6.07 Å². The van der Waals surface area contributed by atoms with Crippen LogP contribution in [0.15, 0.2) is 102 Å². The second-order valence-corrected chi connectivity index (χ2v) is 7.46. The minimum atomic E-state index is -1.50. The van der Waals surface area contributed by atoms with Crippen LogP contribution in [0, 0.1) is 0 Å². The fourth-order valence-electron chi connectivity index (χ4n) is 3.36. The monoisotopic (exact) mass is 428 g/mol. The number of rotatable bonds is 4. The van der Waals surface area contributed by atoms with Crippen molar-refractivity contribution in [2.45, 2.75) is 0 Å². The van der Waals surface area contributed by atoms with Gasteiger partial charge in [0.2, 0.25) is 0 Å². The molecule has 4 heteroatoms. The van der Waals surface area contributed by atoms with Gasteiger partial charge in [-0.25, -0.2) is 0 Å². The van der Waals surface area contributed by atoms with E-state index in [4.69, 9.17) is 0 Å². The van der Waals surface area contributed by atoms with Gasteiger partial charge < -0.3 is 10.0 Å². The lowest BCUT2D eigenvalue weighted by molar-refractivity contribution is 0.426. The first-order valence-corrected chi connectivity index (χ1v) is 9.83. The van der Waals surface area contributed by atoms with Gasteiger partial charge in [0.25, 0.3) is 0 Å². The van der Waals surface area contributed by atoms with Crippen LogP contribution in [-0.2, 0) is 0 Å². The van der Waals surface area contributed by atoms with E-state index in [2.05, 4.69) is 58.4 Å². The zero-order chi connectivity index (χ0) is 19.5. The topological polar surface area (TPSA) is 40.5 Å². The Hall–Kier alpha value is -2.66. The van der Waals surface area contributed by atoms with E-state index in [9.17, 15) is 10.0 Å². The molecule has 0 bridgehead atoms. The van der Waals surface area contributed by atoms with Crippen LogP contribution in [0.3, 0.4) is 0 Å². The predicted octanol–water partition coefficient (Wildman–Crippen LogP) is 5.13. The first-order chi connectivity index (χ1) is 13.6. The molecule has 0 saturated heterocycles. The van der Waals surface area contributed by atoms with E-state index in [0.717, 1.165) is 37.9 Å². The number of hydrogen-bond acceptors (Lipinski definition) is 2. The van der Waals surface area contributed by atoms with Crippen molar-refractivity contribution in [1.29, 1.82) is 0 Å². The molecule has 0 amide bonds. The highest BCUT2D eigenvalue weighted by molar-refractivity contribution is 9.10. The molecule has 4 aromatic rings. The van der Waals surface area contributed by atoms with E-state index in [1.165, 1.54) is 0 Å². The molecule has 0 aliphatic carbocycles. The van der Waals surface area contributed by atoms with Crippen LogP contribution in [0.1, 0.15) is 0 Å². The van der Waals surface area contributed by atoms with Crippen molar-refractivity contribution in [3.63, 3.8) is 0 Å². The standard InChI is InChI=1S/C24H18BBrO2/c26-24-14-12-20(25(27)28)16-23(24)21-13-11-19(17-7-3-1-4-8-17)15-22(21)18-9-5-2-6-10-18/h1-16,27-28H. The first kappa shape index (κ1) is 18.7. The lowest BCUT2D eigenvalue weighted by Crippen LogP contribution is -2.29. The second-order valence-electron chi connectivity index (χ2n) is 6.61. The Labute approximate surface area is 173 Å². The van der Waals surface area contributed by atoms with Crippen molar-refractivity contribution >= 4 is 28.5 Å². The largest absolute Gasteiger partial charge is 0.488 e. The van der Waals surface area contributed by atoms with Crippen molar-refractivity contribution < 1.29 is 10.0 Å². The molecule has 136 valence electrons. The van der Waals surface area contributed by atoms with Crippen LogP contribution >= 0.6 is 15.9 Å². The molecule has 0 unspecified atom stereocenters. The fraction of sp³-hybridized carbons (Fsp3) is 0. The summed E-state index contributed by atoms with van der Waals surface area (Å²) in [7, 11) is -1.50. The minimum Gasteiger partial charge on any atom is -0.423 e. The summed E-state index contributed by atoms with van der Waals surface area (Å²) >= 11 is 3.62. The van der Waals surface area contributed by atoms with Crippen molar-refractivity contribution in [3.05, 3.63) is 102 Å². The molecule has 0 spiro atoms. The van der Waals surface area contributed by atoms with E-state index in [0.29, 0.717) is 5.46 Å². The van der Waals surface area contributed by atoms with Crippen molar-refractivity contribution in [2.75, 3.05) is 0 Å². The average molecular weight is 429 g/mol. The Bertz CT molecular complexity index is 1100. The lowest BCUT2D eigenvalue weighted by Gasteiger charge is -2.15. The van der Waals surface area contributed by atoms with Gasteiger partial charge in [-0.1, -0.05) is 101 Å². The van der Waals surface area contributed by atoms with Gasteiger partial charge >= 0.3 is 7.12 Å². The molecule has 0 aromatic heterocycles. The van der Waals surface area contributed by atoms with Crippen molar-refractivity contribution in [2.24, 2.45) is 0 Å². The first-order valence-electron chi connectivity index (χ1n) is 9.04. The Kier molecular flexibility index (Phi) is 5.44. The van der Waals surface area contributed by atoms with Gasteiger partial charge in [0.15, 0.2) is 0 Å². The number of hydrogen-bond donors (Lipinski definition) is 2. The Morgan fingerprint density at radius 1 is 0.536 bits per heavy atom. The smallest absolute Gasteiger partial charge is 0.423 e. The van der Waals surface area contributed by atoms with E-state index in [1.807, 2.05) is 48.5 Å². The summed E-state index contributed by atoms with van der Waals surface area (Å²) in [5.41, 5.74) is 6.90. The molecule has 28 heavy (non-hydrogen) atoms. The molecule has 0 aliphatic rings. The van der Waals surface area contributed by atoms with Crippen LogP contribution in [-0.4, -0.2) is 17.2 Å². The summed E-state index contributed by atoms with van der Waals surface area (Å²) in [6.07, 6.45) is 0. The van der Waals surface area contributed by atoms with Gasteiger partial charge in [0, 0.05) is 4.47 Å². The fourth-order valence-corrected chi connectivity index (χ4v) is 3.82. The van der Waals surface area contributed by atoms with Gasteiger partial charge in [0.1, 0.15) is 0 Å². The molecular formula is C24H18BBrO2. The molecule has 2 N–H and O–H groups in total. The van der Waals surface area contributed by atoms with Gasteiger partial charge in [-0.3, -0.25) is 0 Å². The van der Waals surface area contributed by atoms with Crippen LogP contribution in [0.25, 0.3) is 33.4 Å². The van der Waals surface area contributed by atoms with Crippen LogP contribution in [0.4, 0.5) is 0 Å². The van der Waals surface area contributed by atoms with Gasteiger partial charge in [-0.15, -0.1) is 0 Å².